The number of aromatic nitrogens is 5. The van der Waals surface area contributed by atoms with Crippen molar-refractivity contribution in [1.82, 2.24) is 29.8 Å². The molecular weight excluding hydrogens is 510 g/mol. The van der Waals surface area contributed by atoms with Crippen LogP contribution in [0.5, 0.6) is 5.75 Å². The van der Waals surface area contributed by atoms with Gasteiger partial charge in [0.1, 0.15) is 24.3 Å². The molecule has 1 saturated heterocycles. The van der Waals surface area contributed by atoms with Gasteiger partial charge in [0, 0.05) is 36.8 Å². The molecule has 204 valence electrons. The molecule has 2 N–H and O–H groups in total. The van der Waals surface area contributed by atoms with E-state index in [9.17, 15) is 14.9 Å². The van der Waals surface area contributed by atoms with Crippen molar-refractivity contribution in [3.63, 3.8) is 0 Å². The van der Waals surface area contributed by atoms with Crippen LogP contribution in [0.3, 0.4) is 0 Å². The van der Waals surface area contributed by atoms with Crippen molar-refractivity contribution in [1.29, 1.82) is 5.26 Å². The van der Waals surface area contributed by atoms with Crippen molar-refractivity contribution in [3.8, 4) is 11.8 Å². The molecule has 2 atom stereocenters. The number of ether oxygens (including phenoxy) is 1. The number of urea groups is 1. The summed E-state index contributed by atoms with van der Waals surface area (Å²) < 4.78 is 5.84. The van der Waals surface area contributed by atoms with Crippen LogP contribution in [-0.2, 0) is 6.61 Å². The number of hydrogen-bond acceptors (Lipinski definition) is 9. The van der Waals surface area contributed by atoms with E-state index in [1.165, 1.54) is 0 Å². The second-order valence-corrected chi connectivity index (χ2v) is 9.68. The van der Waals surface area contributed by atoms with Crippen molar-refractivity contribution < 1.29 is 9.53 Å². The lowest BCUT2D eigenvalue weighted by Crippen LogP contribution is -2.36. The second kappa shape index (κ2) is 11.0. The zero-order valence-corrected chi connectivity index (χ0v) is 22.7. The van der Waals surface area contributed by atoms with Crippen LogP contribution in [0.25, 0.3) is 10.9 Å². The van der Waals surface area contributed by atoms with Gasteiger partial charge < -0.3 is 19.9 Å². The fourth-order valence-corrected chi connectivity index (χ4v) is 4.70. The number of rotatable bonds is 8. The van der Waals surface area contributed by atoms with Crippen LogP contribution < -0.4 is 20.5 Å². The molecule has 12 heteroatoms. The number of benzene rings is 1. The molecule has 1 aromatic carbocycles. The van der Waals surface area contributed by atoms with E-state index in [0.29, 0.717) is 40.1 Å². The highest BCUT2D eigenvalue weighted by molar-refractivity contribution is 5.93. The quantitative estimate of drug-likeness (QED) is 0.341. The maximum absolute atomic E-state index is 13.1. The van der Waals surface area contributed by atoms with E-state index >= 15 is 0 Å². The van der Waals surface area contributed by atoms with Gasteiger partial charge in [-0.05, 0) is 44.5 Å². The molecule has 4 aromatic rings. The summed E-state index contributed by atoms with van der Waals surface area (Å²) in [4.78, 5) is 49.5. The van der Waals surface area contributed by atoms with Crippen LogP contribution in [0.4, 0.5) is 16.7 Å². The number of carbonyl (C=O) groups is 1. The molecule has 0 aliphatic carbocycles. The van der Waals surface area contributed by atoms with Gasteiger partial charge in [-0.2, -0.15) is 20.2 Å². The van der Waals surface area contributed by atoms with Crippen LogP contribution in [-0.4, -0.2) is 55.5 Å². The van der Waals surface area contributed by atoms with E-state index in [4.69, 9.17) is 4.74 Å². The predicted molar refractivity (Wildman–Crippen MR) is 149 cm³/mol. The zero-order valence-electron chi connectivity index (χ0n) is 22.7. The van der Waals surface area contributed by atoms with Crippen LogP contribution >= 0.6 is 0 Å². The van der Waals surface area contributed by atoms with Gasteiger partial charge >= 0.3 is 6.03 Å². The van der Waals surface area contributed by atoms with Gasteiger partial charge in [0.15, 0.2) is 0 Å². The Morgan fingerprint density at radius 3 is 2.77 bits per heavy atom. The molecule has 4 heterocycles. The number of carbonyl (C=O) groups excluding carboxylic acids is 1. The first-order valence-corrected chi connectivity index (χ1v) is 12.9. The number of H-pyrrole nitrogens is 1. The normalized spacial score (nSPS) is 15.8. The Morgan fingerprint density at radius 1 is 1.23 bits per heavy atom. The molecule has 2 amide bonds. The number of anilines is 2. The fraction of sp³-hybridized carbons (Fsp3) is 0.321. The van der Waals surface area contributed by atoms with Gasteiger partial charge in [-0.15, -0.1) is 0 Å². The summed E-state index contributed by atoms with van der Waals surface area (Å²) in [5.41, 5.74) is 1.73. The third-order valence-corrected chi connectivity index (χ3v) is 6.81. The third kappa shape index (κ3) is 5.26. The molecule has 40 heavy (non-hydrogen) atoms. The van der Waals surface area contributed by atoms with Crippen molar-refractivity contribution in [3.05, 3.63) is 75.6 Å². The number of nitriles is 1. The number of aryl methyl sites for hydroxylation is 1. The minimum absolute atomic E-state index is 0.0416. The summed E-state index contributed by atoms with van der Waals surface area (Å²) >= 11 is 0. The van der Waals surface area contributed by atoms with E-state index in [0.717, 1.165) is 12.1 Å². The molecule has 1 fully saturated rings. The van der Waals surface area contributed by atoms with Gasteiger partial charge in [-0.1, -0.05) is 13.0 Å². The minimum atomic E-state index is -0.493. The lowest BCUT2D eigenvalue weighted by molar-refractivity contribution is 0.229. The number of nitrogens with zero attached hydrogens (tertiary/aromatic N) is 7. The van der Waals surface area contributed by atoms with Crippen LogP contribution in [0.15, 0.2) is 47.4 Å². The highest BCUT2D eigenvalue weighted by Gasteiger charge is 2.37. The smallest absolute Gasteiger partial charge is 0.327 e. The molecule has 0 radical (unpaired) electrons. The van der Waals surface area contributed by atoms with Gasteiger partial charge in [0.2, 0.25) is 11.9 Å². The Morgan fingerprint density at radius 2 is 2.05 bits per heavy atom. The lowest BCUT2D eigenvalue weighted by atomic mass is 10.1. The molecule has 1 aliphatic heterocycles. The van der Waals surface area contributed by atoms with Crippen molar-refractivity contribution >= 4 is 28.8 Å². The average molecular weight is 540 g/mol. The summed E-state index contributed by atoms with van der Waals surface area (Å²) in [6.45, 7) is 6.33. The molecule has 0 spiro atoms. The lowest BCUT2D eigenvalue weighted by Gasteiger charge is -2.21. The predicted octanol–water partition coefficient (Wildman–Crippen LogP) is 3.69. The molecule has 0 unspecified atom stereocenters. The number of aromatic amines is 1. The SMILES string of the molecule is CC[C@H]1CN(C)C(=O)N1c1nc(C)nc(N[C@@H](C)c2cc3cc(C#N)c(OCc4ccccn4)cc3[nH]c2=O)n1. The zero-order chi connectivity index (χ0) is 28.4. The largest absolute Gasteiger partial charge is 0.486 e. The van der Waals surface area contributed by atoms with Crippen LogP contribution in [0.2, 0.25) is 0 Å². The molecule has 3 aromatic heterocycles. The van der Waals surface area contributed by atoms with Crippen LogP contribution in [0, 0.1) is 18.3 Å². The number of fused-ring (bicyclic) bond motifs is 1. The molecule has 0 bridgehead atoms. The Labute approximate surface area is 230 Å². The van der Waals surface area contributed by atoms with E-state index in [1.807, 2.05) is 32.0 Å². The molecule has 1 aliphatic rings. The first-order valence-electron chi connectivity index (χ1n) is 12.9. The van der Waals surface area contributed by atoms with E-state index in [-0.39, 0.29) is 36.1 Å². The summed E-state index contributed by atoms with van der Waals surface area (Å²) in [5.74, 6) is 1.33. The number of pyridine rings is 2. The van der Waals surface area contributed by atoms with Crippen LogP contribution in [0.1, 0.15) is 49.0 Å². The Hall–Kier alpha value is -5.05. The summed E-state index contributed by atoms with van der Waals surface area (Å²) in [6, 6.07) is 12.0. The van der Waals surface area contributed by atoms with Gasteiger partial charge in [0.25, 0.3) is 5.56 Å². The highest BCUT2D eigenvalue weighted by Crippen LogP contribution is 2.27. The monoisotopic (exact) mass is 539 g/mol. The molecular formula is C28H29N9O3. The number of amides is 2. The summed E-state index contributed by atoms with van der Waals surface area (Å²) in [7, 11) is 1.75. The summed E-state index contributed by atoms with van der Waals surface area (Å²) in [6.07, 6.45) is 2.43. The first kappa shape index (κ1) is 26.6. The third-order valence-electron chi connectivity index (χ3n) is 6.81. The Balaban J connectivity index is 1.41. The minimum Gasteiger partial charge on any atom is -0.486 e. The standard InChI is InChI=1S/C28H29N9O3/c1-5-21-14-36(4)28(39)37(21)27-33-17(3)32-26(35-27)31-16(2)22-11-18-10-19(13-29)24(12-23(18)34-25(22)38)40-15-20-8-6-7-9-30-20/h6-12,16,21H,5,14-15H2,1-4H3,(H,34,38)(H,31,32,33,35)/t16-,21-/m0/s1. The van der Waals surface area contributed by atoms with Gasteiger partial charge in [0.05, 0.1) is 28.9 Å². The molecule has 5 rings (SSSR count). The second-order valence-electron chi connectivity index (χ2n) is 9.68. The van der Waals surface area contributed by atoms with E-state index in [1.54, 1.807) is 48.2 Å². The van der Waals surface area contributed by atoms with Crippen molar-refractivity contribution in [2.45, 2.75) is 45.9 Å². The highest BCUT2D eigenvalue weighted by atomic mass is 16.5. The number of hydrogen-bond donors (Lipinski definition) is 2. The fourth-order valence-electron chi connectivity index (χ4n) is 4.70. The maximum Gasteiger partial charge on any atom is 0.327 e. The van der Waals surface area contributed by atoms with Gasteiger partial charge in [-0.25, -0.2) is 4.79 Å². The summed E-state index contributed by atoms with van der Waals surface area (Å²) in [5, 5.41) is 13.6. The number of likely N-dealkylation sites (N-methyl/N-ethyl adjacent to an activating group) is 1. The number of nitrogens with one attached hydrogen (secondary N) is 2. The maximum atomic E-state index is 13.1. The molecule has 0 saturated carbocycles. The Bertz CT molecular complexity index is 1670. The van der Waals surface area contributed by atoms with E-state index < -0.39 is 6.04 Å². The van der Waals surface area contributed by atoms with Crippen molar-refractivity contribution in [2.75, 3.05) is 23.8 Å². The Kier molecular flexibility index (Phi) is 7.29. The average Bonchev–Trinajstić information content (AvgIpc) is 3.24. The van der Waals surface area contributed by atoms with Crippen molar-refractivity contribution in [2.24, 2.45) is 0 Å². The molecule has 12 nitrogen and oxygen atoms in total. The topological polar surface area (TPSA) is 153 Å². The first-order chi connectivity index (χ1) is 19.3. The van der Waals surface area contributed by atoms with Gasteiger partial charge in [-0.3, -0.25) is 14.7 Å². The van der Waals surface area contributed by atoms with E-state index in [2.05, 4.69) is 36.3 Å².